The Morgan fingerprint density at radius 2 is 1.97 bits per heavy atom. The van der Waals surface area contributed by atoms with E-state index in [1.165, 1.54) is 11.2 Å². The number of carbonyl (C=O) groups excluding carboxylic acids is 1. The number of carbonyl (C=O) groups is 1. The molecule has 1 aliphatic rings. The molecule has 8 nitrogen and oxygen atoms in total. The fourth-order valence-corrected chi connectivity index (χ4v) is 4.72. The molecule has 0 N–H and O–H groups in total. The van der Waals surface area contributed by atoms with E-state index >= 15 is 0 Å². The average Bonchev–Trinajstić information content (AvgIpc) is 3.22. The van der Waals surface area contributed by atoms with Gasteiger partial charge in [0.25, 0.3) is 5.56 Å². The average molecular weight is 467 g/mol. The van der Waals surface area contributed by atoms with Gasteiger partial charge in [0, 0.05) is 25.9 Å². The Hall–Kier alpha value is -2.02. The third-order valence-corrected chi connectivity index (χ3v) is 6.66. The fourth-order valence-electron chi connectivity index (χ4n) is 3.13. The highest BCUT2D eigenvalue weighted by molar-refractivity contribution is 7.86. The minimum absolute atomic E-state index is 0.0393. The van der Waals surface area contributed by atoms with Gasteiger partial charge in [0.15, 0.2) is 14.7 Å². The molecule has 1 aliphatic heterocycles. The molecule has 2 atom stereocenters. The summed E-state index contributed by atoms with van der Waals surface area (Å²) < 4.78 is 58.3. The van der Waals surface area contributed by atoms with Gasteiger partial charge in [-0.25, -0.2) is 14.8 Å². The van der Waals surface area contributed by atoms with Crippen molar-refractivity contribution in [2.75, 3.05) is 19.3 Å². The molecular formula is C17H21F3N4O4S2. The molecule has 1 saturated heterocycles. The number of hydrogen-bond donors (Lipinski definition) is 0. The number of likely N-dealkylation sites (tertiary alicyclic amines) is 1. The lowest BCUT2D eigenvalue weighted by Gasteiger charge is -2.24. The molecule has 2 unspecified atom stereocenters. The lowest BCUT2D eigenvalue weighted by Crippen LogP contribution is -2.36. The maximum atomic E-state index is 13.6. The number of ether oxygens (including phenoxy) is 1. The molecule has 0 aromatic carbocycles. The van der Waals surface area contributed by atoms with Crippen molar-refractivity contribution in [2.45, 2.75) is 49.9 Å². The summed E-state index contributed by atoms with van der Waals surface area (Å²) in [6.07, 6.45) is -3.66. The van der Waals surface area contributed by atoms with Gasteiger partial charge in [0.05, 0.1) is 10.8 Å². The van der Waals surface area contributed by atoms with E-state index < -0.39 is 40.1 Å². The third kappa shape index (κ3) is 4.82. The number of aromatic nitrogens is 3. The lowest BCUT2D eigenvalue weighted by molar-refractivity contribution is -0.148. The number of amides is 1. The first-order valence-corrected chi connectivity index (χ1v) is 11.4. The van der Waals surface area contributed by atoms with Crippen LogP contribution in [0.15, 0.2) is 9.13 Å². The van der Waals surface area contributed by atoms with E-state index in [0.29, 0.717) is 28.9 Å². The topological polar surface area (TPSA) is 94.4 Å². The Kier molecular flexibility index (Phi) is 5.98. The summed E-state index contributed by atoms with van der Waals surface area (Å²) in [5.74, 6) is -1.71. The maximum absolute atomic E-state index is 13.6. The fraction of sp³-hybridized carbons (Fsp3) is 0.647. The van der Waals surface area contributed by atoms with Crippen LogP contribution in [0.2, 0.25) is 0 Å². The molecule has 0 bridgehead atoms. The lowest BCUT2D eigenvalue weighted by atomic mass is 10.1. The smallest absolute Gasteiger partial charge is 0.444 e. The summed E-state index contributed by atoms with van der Waals surface area (Å²) >= 11 is 0.706. The minimum Gasteiger partial charge on any atom is -0.444 e. The van der Waals surface area contributed by atoms with Crippen LogP contribution in [-0.4, -0.2) is 54.7 Å². The zero-order valence-corrected chi connectivity index (χ0v) is 18.4. The van der Waals surface area contributed by atoms with Gasteiger partial charge in [0.2, 0.25) is 5.82 Å². The van der Waals surface area contributed by atoms with E-state index in [2.05, 4.69) is 9.97 Å². The number of halogens is 3. The summed E-state index contributed by atoms with van der Waals surface area (Å²) in [5, 5.41) is 0. The first-order valence-electron chi connectivity index (χ1n) is 9.06. The van der Waals surface area contributed by atoms with Gasteiger partial charge in [-0.15, -0.1) is 0 Å². The number of hydrogen-bond acceptors (Lipinski definition) is 7. The number of rotatable bonds is 3. The zero-order chi connectivity index (χ0) is 22.4. The van der Waals surface area contributed by atoms with E-state index in [4.69, 9.17) is 4.74 Å². The van der Waals surface area contributed by atoms with E-state index in [0.717, 1.165) is 0 Å². The molecule has 13 heteroatoms. The highest BCUT2D eigenvalue weighted by Crippen LogP contribution is 2.31. The van der Waals surface area contributed by atoms with E-state index in [1.54, 1.807) is 20.8 Å². The number of fused-ring (bicyclic) bond motifs is 1. The summed E-state index contributed by atoms with van der Waals surface area (Å²) in [7, 11) is -1.55. The van der Waals surface area contributed by atoms with Crippen LogP contribution in [0.1, 0.15) is 33.0 Å². The second kappa shape index (κ2) is 7.91. The zero-order valence-electron chi connectivity index (χ0n) is 16.8. The quantitative estimate of drug-likeness (QED) is 0.691. The van der Waals surface area contributed by atoms with Gasteiger partial charge in [-0.2, -0.15) is 13.2 Å². The predicted octanol–water partition coefficient (Wildman–Crippen LogP) is 2.87. The van der Waals surface area contributed by atoms with Crippen LogP contribution in [-0.2, 0) is 28.3 Å². The maximum Gasteiger partial charge on any atom is 0.449 e. The molecule has 2 aromatic rings. The monoisotopic (exact) mass is 466 g/mol. The Balaban J connectivity index is 1.92. The van der Waals surface area contributed by atoms with Crippen molar-refractivity contribution >= 4 is 38.6 Å². The normalized spacial score (nSPS) is 18.8. The van der Waals surface area contributed by atoms with Gasteiger partial charge in [-0.05, 0) is 33.1 Å². The second-order valence-corrected chi connectivity index (χ2v) is 10.5. The van der Waals surface area contributed by atoms with Crippen molar-refractivity contribution < 1.29 is 26.9 Å². The molecule has 30 heavy (non-hydrogen) atoms. The summed E-state index contributed by atoms with van der Waals surface area (Å²) in [4.78, 5) is 33.7. The van der Waals surface area contributed by atoms with Crippen LogP contribution in [0.4, 0.5) is 18.0 Å². The Labute approximate surface area is 176 Å². The van der Waals surface area contributed by atoms with Crippen molar-refractivity contribution in [3.63, 3.8) is 0 Å². The van der Waals surface area contributed by atoms with Crippen molar-refractivity contribution in [3.05, 3.63) is 16.2 Å². The summed E-state index contributed by atoms with van der Waals surface area (Å²) in [6, 6.07) is 0. The van der Waals surface area contributed by atoms with Crippen LogP contribution in [0, 0.1) is 5.92 Å². The molecule has 3 rings (SSSR count). The molecule has 1 amide bonds. The first-order chi connectivity index (χ1) is 13.8. The molecular weight excluding hydrogens is 445 g/mol. The number of nitrogens with zero attached hydrogens (tertiary/aromatic N) is 4. The molecule has 0 spiro atoms. The van der Waals surface area contributed by atoms with Gasteiger partial charge < -0.3 is 9.64 Å². The highest BCUT2D eigenvalue weighted by atomic mass is 32.2. The van der Waals surface area contributed by atoms with Gasteiger partial charge in [-0.3, -0.25) is 13.6 Å². The molecule has 166 valence electrons. The van der Waals surface area contributed by atoms with E-state index in [1.807, 2.05) is 0 Å². The highest BCUT2D eigenvalue weighted by Gasteiger charge is 2.39. The Morgan fingerprint density at radius 1 is 1.30 bits per heavy atom. The molecule has 1 fully saturated rings. The molecule has 2 aromatic heterocycles. The Bertz CT molecular complexity index is 1060. The van der Waals surface area contributed by atoms with Gasteiger partial charge in [0.1, 0.15) is 5.60 Å². The standard InChI is InChI=1S/C17H21F3N4O4S2/c1-16(2,3)28-15(26)23-6-5-9(7-23)8-24-12(25)10-11(22-13(24)17(18,19)20)29-14(21-10)30(4)27/h9H,5-8H2,1-4H3. The molecule has 0 radical (unpaired) electrons. The molecule has 3 heterocycles. The first kappa shape index (κ1) is 22.7. The minimum atomic E-state index is -4.85. The van der Waals surface area contributed by atoms with Crippen molar-refractivity contribution in [3.8, 4) is 0 Å². The largest absolute Gasteiger partial charge is 0.449 e. The second-order valence-electron chi connectivity index (χ2n) is 8.02. The third-order valence-electron chi connectivity index (χ3n) is 4.38. The van der Waals surface area contributed by atoms with Crippen LogP contribution >= 0.6 is 11.3 Å². The van der Waals surface area contributed by atoms with Crippen molar-refractivity contribution in [1.82, 2.24) is 19.4 Å². The number of thiazole rings is 1. The van der Waals surface area contributed by atoms with Gasteiger partial charge in [-0.1, -0.05) is 11.3 Å². The van der Waals surface area contributed by atoms with Crippen LogP contribution in [0.25, 0.3) is 10.3 Å². The summed E-state index contributed by atoms with van der Waals surface area (Å²) in [5.41, 5.74) is -1.86. The predicted molar refractivity (Wildman–Crippen MR) is 105 cm³/mol. The van der Waals surface area contributed by atoms with Crippen LogP contribution in [0.3, 0.4) is 0 Å². The molecule has 0 aliphatic carbocycles. The summed E-state index contributed by atoms with van der Waals surface area (Å²) in [6.45, 7) is 5.39. The SMILES string of the molecule is CS(=O)c1nc2c(=O)n(CC3CCN(C(=O)OC(C)(C)C)C3)c(C(F)(F)F)nc2s1. The van der Waals surface area contributed by atoms with Gasteiger partial charge >= 0.3 is 12.3 Å². The van der Waals surface area contributed by atoms with Crippen LogP contribution < -0.4 is 5.56 Å². The number of alkyl halides is 3. The Morgan fingerprint density at radius 3 is 2.53 bits per heavy atom. The molecule has 0 saturated carbocycles. The van der Waals surface area contributed by atoms with E-state index in [-0.39, 0.29) is 33.7 Å². The van der Waals surface area contributed by atoms with Crippen molar-refractivity contribution in [2.24, 2.45) is 5.92 Å². The van der Waals surface area contributed by atoms with Crippen LogP contribution in [0.5, 0.6) is 0 Å². The van der Waals surface area contributed by atoms with E-state index in [9.17, 15) is 27.0 Å². The van der Waals surface area contributed by atoms with Crippen molar-refractivity contribution in [1.29, 1.82) is 0 Å².